The molecule has 2 aromatic rings. The van der Waals surface area contributed by atoms with E-state index in [1.54, 1.807) is 30.5 Å². The van der Waals surface area contributed by atoms with E-state index in [1.165, 1.54) is 7.05 Å². The minimum atomic E-state index is -0.320. The number of hydrazone groups is 1. The van der Waals surface area contributed by atoms with Crippen LogP contribution in [0.15, 0.2) is 53.6 Å². The van der Waals surface area contributed by atoms with Gasteiger partial charge in [-0.05, 0) is 36.8 Å². The van der Waals surface area contributed by atoms with Crippen molar-refractivity contribution in [2.24, 2.45) is 5.10 Å². The number of nitrogens with zero attached hydrogens (tertiary/aromatic N) is 1. The van der Waals surface area contributed by atoms with E-state index in [9.17, 15) is 9.59 Å². The largest absolute Gasteiger partial charge is 0.341 e. The molecule has 2 rings (SSSR count). The van der Waals surface area contributed by atoms with E-state index in [2.05, 4.69) is 21.2 Å². The van der Waals surface area contributed by atoms with Crippen molar-refractivity contribution in [1.29, 1.82) is 0 Å². The Morgan fingerprint density at radius 1 is 1.00 bits per heavy atom. The number of hydrogen-bond donors (Lipinski definition) is 3. The van der Waals surface area contributed by atoms with Gasteiger partial charge in [-0.15, -0.1) is 0 Å². The number of urea groups is 1. The van der Waals surface area contributed by atoms with Crippen LogP contribution in [0.4, 0.5) is 10.5 Å². The smallest absolute Gasteiger partial charge is 0.318 e. The number of aryl methyl sites for hydroxylation is 1. The number of amides is 3. The summed E-state index contributed by atoms with van der Waals surface area (Å²) < 4.78 is 0. The Morgan fingerprint density at radius 2 is 1.65 bits per heavy atom. The van der Waals surface area contributed by atoms with Gasteiger partial charge in [-0.25, -0.2) is 10.2 Å². The highest BCUT2D eigenvalue weighted by atomic mass is 16.2. The number of anilines is 1. The second kappa shape index (κ2) is 7.74. The number of hydrogen-bond acceptors (Lipinski definition) is 3. The summed E-state index contributed by atoms with van der Waals surface area (Å²) in [4.78, 5) is 23.1. The molecule has 6 heteroatoms. The van der Waals surface area contributed by atoms with Crippen molar-refractivity contribution in [3.63, 3.8) is 0 Å². The number of carbonyl (C=O) groups excluding carboxylic acids is 2. The van der Waals surface area contributed by atoms with Crippen LogP contribution in [0.2, 0.25) is 0 Å². The first-order chi connectivity index (χ1) is 11.1. The number of nitrogens with one attached hydrogen (secondary N) is 3. The lowest BCUT2D eigenvalue weighted by atomic mass is 10.2. The maximum absolute atomic E-state index is 12.0. The molecule has 0 aromatic heterocycles. The molecule has 0 unspecified atom stereocenters. The Kier molecular flexibility index (Phi) is 5.46. The summed E-state index contributed by atoms with van der Waals surface area (Å²) in [6, 6.07) is 14.0. The normalized spacial score (nSPS) is 10.3. The number of benzene rings is 2. The van der Waals surface area contributed by atoms with Crippen LogP contribution in [0.1, 0.15) is 21.5 Å². The molecule has 0 aliphatic rings. The van der Waals surface area contributed by atoms with Crippen molar-refractivity contribution >= 4 is 23.8 Å². The van der Waals surface area contributed by atoms with Gasteiger partial charge in [-0.3, -0.25) is 4.79 Å². The summed E-state index contributed by atoms with van der Waals surface area (Å²) in [7, 11) is 1.53. The third-order valence-electron chi connectivity index (χ3n) is 3.09. The SMILES string of the molecule is CNC(=O)Nc1ccc(C(=O)N/N=C\c2ccc(C)cc2)cc1. The average molecular weight is 310 g/mol. The van der Waals surface area contributed by atoms with Gasteiger partial charge in [-0.2, -0.15) is 5.10 Å². The van der Waals surface area contributed by atoms with Crippen molar-refractivity contribution in [2.45, 2.75) is 6.92 Å². The molecule has 0 saturated carbocycles. The van der Waals surface area contributed by atoms with Crippen molar-refractivity contribution in [2.75, 3.05) is 12.4 Å². The third-order valence-corrected chi connectivity index (χ3v) is 3.09. The van der Waals surface area contributed by atoms with Gasteiger partial charge in [0, 0.05) is 18.3 Å². The lowest BCUT2D eigenvalue weighted by Gasteiger charge is -2.05. The molecule has 3 amide bonds. The van der Waals surface area contributed by atoms with Gasteiger partial charge < -0.3 is 10.6 Å². The molecule has 0 aliphatic heterocycles. The Bertz CT molecular complexity index is 706. The molecule has 23 heavy (non-hydrogen) atoms. The zero-order valence-electron chi connectivity index (χ0n) is 13.0. The quantitative estimate of drug-likeness (QED) is 0.599. The van der Waals surface area contributed by atoms with E-state index < -0.39 is 0 Å². The Balaban J connectivity index is 1.92. The molecule has 2 aromatic carbocycles. The third kappa shape index (κ3) is 4.96. The summed E-state index contributed by atoms with van der Waals surface area (Å²) in [6.07, 6.45) is 1.58. The van der Waals surface area contributed by atoms with Crippen LogP contribution >= 0.6 is 0 Å². The van der Waals surface area contributed by atoms with Crippen LogP contribution < -0.4 is 16.1 Å². The molecule has 0 aliphatic carbocycles. The number of rotatable bonds is 4. The summed E-state index contributed by atoms with van der Waals surface area (Å²) in [5.41, 5.74) is 5.58. The highest BCUT2D eigenvalue weighted by Crippen LogP contribution is 2.09. The maximum Gasteiger partial charge on any atom is 0.318 e. The first kappa shape index (κ1) is 16.2. The van der Waals surface area contributed by atoms with Crippen LogP contribution in [0.25, 0.3) is 0 Å². The predicted molar refractivity (Wildman–Crippen MR) is 90.8 cm³/mol. The minimum Gasteiger partial charge on any atom is -0.341 e. The molecular weight excluding hydrogens is 292 g/mol. The molecule has 0 heterocycles. The second-order valence-electron chi connectivity index (χ2n) is 4.89. The monoisotopic (exact) mass is 310 g/mol. The van der Waals surface area contributed by atoms with Crippen LogP contribution in [0, 0.1) is 6.92 Å². The lowest BCUT2D eigenvalue weighted by Crippen LogP contribution is -2.24. The highest BCUT2D eigenvalue weighted by molar-refractivity contribution is 5.96. The highest BCUT2D eigenvalue weighted by Gasteiger charge is 2.04. The average Bonchev–Trinajstić information content (AvgIpc) is 2.57. The van der Waals surface area contributed by atoms with E-state index in [1.807, 2.05) is 31.2 Å². The van der Waals surface area contributed by atoms with Crippen molar-refractivity contribution in [1.82, 2.24) is 10.7 Å². The second-order valence-corrected chi connectivity index (χ2v) is 4.89. The Labute approximate surface area is 134 Å². The Morgan fingerprint density at radius 3 is 2.26 bits per heavy atom. The van der Waals surface area contributed by atoms with Crippen molar-refractivity contribution in [3.05, 3.63) is 65.2 Å². The molecule has 0 bridgehead atoms. The van der Waals surface area contributed by atoms with Crippen molar-refractivity contribution in [3.8, 4) is 0 Å². The number of carbonyl (C=O) groups is 2. The summed E-state index contributed by atoms with van der Waals surface area (Å²) in [5, 5.41) is 8.99. The molecule has 3 N–H and O–H groups in total. The molecular formula is C17H18N4O2. The van der Waals surface area contributed by atoms with Gasteiger partial charge in [0.2, 0.25) is 0 Å². The molecule has 0 atom stereocenters. The summed E-state index contributed by atoms with van der Waals surface area (Å²) >= 11 is 0. The van der Waals surface area contributed by atoms with E-state index in [0.29, 0.717) is 11.3 Å². The fraction of sp³-hybridized carbons (Fsp3) is 0.118. The Hall–Kier alpha value is -3.15. The van der Waals surface area contributed by atoms with E-state index in [-0.39, 0.29) is 11.9 Å². The summed E-state index contributed by atoms with van der Waals surface area (Å²) in [6.45, 7) is 2.01. The van der Waals surface area contributed by atoms with Gasteiger partial charge in [0.05, 0.1) is 6.21 Å². The first-order valence-electron chi connectivity index (χ1n) is 7.07. The van der Waals surface area contributed by atoms with Crippen molar-refractivity contribution < 1.29 is 9.59 Å². The molecule has 0 saturated heterocycles. The van der Waals surface area contributed by atoms with Gasteiger partial charge in [0.25, 0.3) is 5.91 Å². The molecule has 0 fully saturated rings. The van der Waals surface area contributed by atoms with Gasteiger partial charge >= 0.3 is 6.03 Å². The van der Waals surface area contributed by atoms with E-state index >= 15 is 0 Å². The maximum atomic E-state index is 12.0. The first-order valence-corrected chi connectivity index (χ1v) is 7.07. The standard InChI is InChI=1S/C17H18N4O2/c1-12-3-5-13(6-4-12)11-19-21-16(22)14-7-9-15(10-8-14)20-17(23)18-2/h3-11H,1-2H3,(H,21,22)(H2,18,20,23)/b19-11-. The van der Waals surface area contributed by atoms with E-state index in [4.69, 9.17) is 0 Å². The summed E-state index contributed by atoms with van der Waals surface area (Å²) in [5.74, 6) is -0.320. The topological polar surface area (TPSA) is 82.6 Å². The molecule has 6 nitrogen and oxygen atoms in total. The fourth-order valence-electron chi connectivity index (χ4n) is 1.78. The minimum absolute atomic E-state index is 0.315. The van der Waals surface area contributed by atoms with Crippen LogP contribution in [-0.2, 0) is 0 Å². The van der Waals surface area contributed by atoms with Gasteiger partial charge in [0.15, 0.2) is 0 Å². The molecule has 0 radical (unpaired) electrons. The molecule has 0 spiro atoms. The van der Waals surface area contributed by atoms with E-state index in [0.717, 1.165) is 11.1 Å². The fourth-order valence-corrected chi connectivity index (χ4v) is 1.78. The van der Waals surface area contributed by atoms with Gasteiger partial charge in [-0.1, -0.05) is 29.8 Å². The predicted octanol–water partition coefficient (Wildman–Crippen LogP) is 2.51. The lowest BCUT2D eigenvalue weighted by molar-refractivity contribution is 0.0955. The molecule has 118 valence electrons. The zero-order valence-corrected chi connectivity index (χ0v) is 13.0. The van der Waals surface area contributed by atoms with Gasteiger partial charge in [0.1, 0.15) is 0 Å². The van der Waals surface area contributed by atoms with Crippen LogP contribution in [-0.4, -0.2) is 25.2 Å². The zero-order chi connectivity index (χ0) is 16.7. The van der Waals surface area contributed by atoms with Crippen LogP contribution in [0.5, 0.6) is 0 Å². The van der Waals surface area contributed by atoms with Crippen LogP contribution in [0.3, 0.4) is 0 Å².